The van der Waals surface area contributed by atoms with E-state index in [0.29, 0.717) is 5.92 Å². The third kappa shape index (κ3) is 5.48. The van der Waals surface area contributed by atoms with E-state index in [2.05, 4.69) is 13.0 Å². The first kappa shape index (κ1) is 16.6. The van der Waals surface area contributed by atoms with Crippen LogP contribution in [0, 0.1) is 23.7 Å². The number of aliphatic carboxylic acids is 1. The molecule has 2 saturated carbocycles. The minimum absolute atomic E-state index is 0.182. The Balaban J connectivity index is 1.67. The first-order valence-electron chi connectivity index (χ1n) is 9.07. The molecule has 2 fully saturated rings. The van der Waals surface area contributed by atoms with Crippen molar-refractivity contribution in [3.63, 3.8) is 0 Å². The number of carboxylic acid groups (broad SMARTS) is 1. The minimum atomic E-state index is -0.719. The molecule has 0 amide bonds. The van der Waals surface area contributed by atoms with E-state index in [0.717, 1.165) is 17.8 Å². The van der Waals surface area contributed by atoms with Gasteiger partial charge in [0.2, 0.25) is 0 Å². The zero-order valence-corrected chi connectivity index (χ0v) is 13.6. The van der Waals surface area contributed by atoms with E-state index in [1.807, 2.05) is 6.08 Å². The van der Waals surface area contributed by atoms with E-state index in [1.54, 1.807) is 0 Å². The second kappa shape index (κ2) is 8.60. The third-order valence-corrected chi connectivity index (χ3v) is 5.77. The molecule has 1 N–H and O–H groups in total. The molecule has 21 heavy (non-hydrogen) atoms. The standard InChI is InChI=1S/C19H32O2/c1-2-4-15-7-11-17(12-8-15)18-13-9-16(10-14-18)5-3-6-19(20)21/h3,5,15-18H,2,4,6-14H2,1H3,(H,20,21). The maximum atomic E-state index is 10.5. The molecule has 2 aliphatic carbocycles. The molecule has 2 heteroatoms. The van der Waals surface area contributed by atoms with Crippen molar-refractivity contribution >= 4 is 5.97 Å². The van der Waals surface area contributed by atoms with Gasteiger partial charge >= 0.3 is 5.97 Å². The van der Waals surface area contributed by atoms with Crippen LogP contribution in [0.2, 0.25) is 0 Å². The Kier molecular flexibility index (Phi) is 6.79. The Bertz CT molecular complexity index is 331. The number of rotatable bonds is 6. The van der Waals surface area contributed by atoms with Gasteiger partial charge in [0.05, 0.1) is 6.42 Å². The molecule has 0 aliphatic heterocycles. The fourth-order valence-corrected chi connectivity index (χ4v) is 4.53. The smallest absolute Gasteiger partial charge is 0.307 e. The van der Waals surface area contributed by atoms with Gasteiger partial charge in [-0.1, -0.05) is 44.8 Å². The monoisotopic (exact) mass is 292 g/mol. The highest BCUT2D eigenvalue weighted by atomic mass is 16.4. The molecular formula is C19H32O2. The molecule has 0 aromatic rings. The average molecular weight is 292 g/mol. The van der Waals surface area contributed by atoms with E-state index in [4.69, 9.17) is 5.11 Å². The van der Waals surface area contributed by atoms with Gasteiger partial charge in [0, 0.05) is 0 Å². The van der Waals surface area contributed by atoms with Crippen molar-refractivity contribution in [3.05, 3.63) is 12.2 Å². The highest BCUT2D eigenvalue weighted by molar-refractivity contribution is 5.68. The van der Waals surface area contributed by atoms with E-state index in [9.17, 15) is 4.79 Å². The van der Waals surface area contributed by atoms with Crippen LogP contribution in [0.3, 0.4) is 0 Å². The Hall–Kier alpha value is -0.790. The molecule has 0 bridgehead atoms. The van der Waals surface area contributed by atoms with E-state index >= 15 is 0 Å². The van der Waals surface area contributed by atoms with E-state index in [-0.39, 0.29) is 6.42 Å². The molecular weight excluding hydrogens is 260 g/mol. The first-order valence-corrected chi connectivity index (χ1v) is 9.07. The average Bonchev–Trinajstić information content (AvgIpc) is 2.49. The Morgan fingerprint density at radius 1 is 1.00 bits per heavy atom. The third-order valence-electron chi connectivity index (χ3n) is 5.77. The normalized spacial score (nSPS) is 34.1. The number of carboxylic acids is 1. The molecule has 0 atom stereocenters. The van der Waals surface area contributed by atoms with Crippen molar-refractivity contribution in [2.75, 3.05) is 0 Å². The lowest BCUT2D eigenvalue weighted by Crippen LogP contribution is -2.25. The lowest BCUT2D eigenvalue weighted by Gasteiger charge is -2.37. The van der Waals surface area contributed by atoms with Gasteiger partial charge in [0.1, 0.15) is 0 Å². The van der Waals surface area contributed by atoms with Gasteiger partial charge < -0.3 is 5.11 Å². The van der Waals surface area contributed by atoms with Crippen LogP contribution in [0.1, 0.15) is 77.6 Å². The quantitative estimate of drug-likeness (QED) is 0.663. The summed E-state index contributed by atoms with van der Waals surface area (Å²) in [7, 11) is 0. The molecule has 0 spiro atoms. The Morgan fingerprint density at radius 2 is 1.57 bits per heavy atom. The number of allylic oxidation sites excluding steroid dienone is 1. The molecule has 0 saturated heterocycles. The predicted molar refractivity (Wildman–Crippen MR) is 87.2 cm³/mol. The largest absolute Gasteiger partial charge is 0.481 e. The second-order valence-electron chi connectivity index (χ2n) is 7.27. The van der Waals surface area contributed by atoms with Crippen molar-refractivity contribution < 1.29 is 9.90 Å². The maximum Gasteiger partial charge on any atom is 0.307 e. The van der Waals surface area contributed by atoms with Crippen molar-refractivity contribution in [1.29, 1.82) is 0 Å². The Morgan fingerprint density at radius 3 is 2.10 bits per heavy atom. The van der Waals surface area contributed by atoms with Gasteiger partial charge in [-0.3, -0.25) is 4.79 Å². The molecule has 0 aromatic heterocycles. The van der Waals surface area contributed by atoms with Crippen LogP contribution in [0.5, 0.6) is 0 Å². The zero-order chi connectivity index (χ0) is 15.1. The number of carbonyl (C=O) groups is 1. The topological polar surface area (TPSA) is 37.3 Å². The first-order chi connectivity index (χ1) is 10.2. The van der Waals surface area contributed by atoms with Gasteiger partial charge in [-0.25, -0.2) is 0 Å². The van der Waals surface area contributed by atoms with Crippen LogP contribution < -0.4 is 0 Å². The summed E-state index contributed by atoms with van der Waals surface area (Å²) in [6.07, 6.45) is 18.1. The lowest BCUT2D eigenvalue weighted by molar-refractivity contribution is -0.136. The van der Waals surface area contributed by atoms with Gasteiger partial charge in [-0.2, -0.15) is 0 Å². The van der Waals surface area contributed by atoms with Crippen molar-refractivity contribution in [1.82, 2.24) is 0 Å². The number of hydrogen-bond acceptors (Lipinski definition) is 1. The molecule has 120 valence electrons. The Labute approximate surface area is 130 Å². The summed E-state index contributed by atoms with van der Waals surface area (Å²) < 4.78 is 0. The van der Waals surface area contributed by atoms with Crippen molar-refractivity contribution in [3.8, 4) is 0 Å². The molecule has 0 aromatic carbocycles. The summed E-state index contributed by atoms with van der Waals surface area (Å²) in [6, 6.07) is 0. The molecule has 0 heterocycles. The minimum Gasteiger partial charge on any atom is -0.481 e. The van der Waals surface area contributed by atoms with Gasteiger partial charge in [0.25, 0.3) is 0 Å². The predicted octanol–water partition coefficient (Wildman–Crippen LogP) is 5.43. The SMILES string of the molecule is CCCC1CCC(C2CCC(C=CCC(=O)O)CC2)CC1. The van der Waals surface area contributed by atoms with Crippen LogP contribution in [0.25, 0.3) is 0 Å². The highest BCUT2D eigenvalue weighted by Gasteiger charge is 2.29. The fourth-order valence-electron chi connectivity index (χ4n) is 4.53. The molecule has 2 aliphatic rings. The summed E-state index contributed by atoms with van der Waals surface area (Å²) >= 11 is 0. The molecule has 2 rings (SSSR count). The van der Waals surface area contributed by atoms with Crippen molar-refractivity contribution in [2.45, 2.75) is 77.6 Å². The molecule has 2 nitrogen and oxygen atoms in total. The van der Waals surface area contributed by atoms with Crippen LogP contribution in [0.4, 0.5) is 0 Å². The lowest BCUT2D eigenvalue weighted by atomic mass is 9.68. The van der Waals surface area contributed by atoms with Crippen LogP contribution >= 0.6 is 0 Å². The zero-order valence-electron chi connectivity index (χ0n) is 13.6. The summed E-state index contributed by atoms with van der Waals surface area (Å²) in [5.74, 6) is 2.88. The van der Waals surface area contributed by atoms with Gasteiger partial charge in [0.15, 0.2) is 0 Å². The molecule has 0 unspecified atom stereocenters. The van der Waals surface area contributed by atoms with Crippen LogP contribution in [-0.4, -0.2) is 11.1 Å². The van der Waals surface area contributed by atoms with E-state index < -0.39 is 5.97 Å². The summed E-state index contributed by atoms with van der Waals surface area (Å²) in [6.45, 7) is 2.31. The highest BCUT2D eigenvalue weighted by Crippen LogP contribution is 2.42. The van der Waals surface area contributed by atoms with Gasteiger partial charge in [-0.05, 0) is 62.2 Å². The maximum absolute atomic E-state index is 10.5. The fraction of sp³-hybridized carbons (Fsp3) is 0.842. The summed E-state index contributed by atoms with van der Waals surface area (Å²) in [4.78, 5) is 10.5. The number of hydrogen-bond donors (Lipinski definition) is 1. The molecule has 0 radical (unpaired) electrons. The van der Waals surface area contributed by atoms with Gasteiger partial charge in [-0.15, -0.1) is 0 Å². The summed E-state index contributed by atoms with van der Waals surface area (Å²) in [5.41, 5.74) is 0. The summed E-state index contributed by atoms with van der Waals surface area (Å²) in [5, 5.41) is 8.66. The van der Waals surface area contributed by atoms with Crippen LogP contribution in [0.15, 0.2) is 12.2 Å². The van der Waals surface area contributed by atoms with E-state index in [1.165, 1.54) is 64.2 Å². The van der Waals surface area contributed by atoms with Crippen molar-refractivity contribution in [2.24, 2.45) is 23.7 Å². The van der Waals surface area contributed by atoms with Crippen LogP contribution in [-0.2, 0) is 4.79 Å². The second-order valence-corrected chi connectivity index (χ2v) is 7.27.